The minimum absolute atomic E-state index is 0.126. The van der Waals surface area contributed by atoms with Crippen LogP contribution in [0.2, 0.25) is 0 Å². The van der Waals surface area contributed by atoms with Crippen LogP contribution in [0.5, 0.6) is 5.75 Å². The van der Waals surface area contributed by atoms with Crippen molar-refractivity contribution in [3.63, 3.8) is 0 Å². The highest BCUT2D eigenvalue weighted by atomic mass is 32.2. The summed E-state index contributed by atoms with van der Waals surface area (Å²) >= 11 is 0. The second-order valence-electron chi connectivity index (χ2n) is 12.3. The van der Waals surface area contributed by atoms with E-state index in [1.807, 2.05) is 13.8 Å². The third-order valence-corrected chi connectivity index (χ3v) is 9.42. The summed E-state index contributed by atoms with van der Waals surface area (Å²) in [5, 5.41) is 12.8. The number of fused-ring (bicyclic) bond motifs is 1. The summed E-state index contributed by atoms with van der Waals surface area (Å²) in [6, 6.07) is 8.96. The molecule has 0 radical (unpaired) electrons. The van der Waals surface area contributed by atoms with Gasteiger partial charge in [-0.1, -0.05) is 6.92 Å². The number of hydrogen-bond donors (Lipinski definition) is 3. The van der Waals surface area contributed by atoms with Crippen LogP contribution in [0, 0.1) is 11.7 Å². The van der Waals surface area contributed by atoms with E-state index < -0.39 is 39.9 Å². The molecule has 1 aromatic heterocycles. The molecule has 1 aliphatic heterocycles. The van der Waals surface area contributed by atoms with Crippen LogP contribution in [0.4, 0.5) is 20.6 Å². The molecule has 0 fully saturated rings. The Kier molecular flexibility index (Phi) is 12.4. The first kappa shape index (κ1) is 36.6. The number of nitrogens with zero attached hydrogens (tertiary/aromatic N) is 4. The van der Waals surface area contributed by atoms with Crippen LogP contribution < -0.4 is 14.8 Å². The van der Waals surface area contributed by atoms with Crippen molar-refractivity contribution >= 4 is 33.3 Å². The van der Waals surface area contributed by atoms with Crippen LogP contribution in [-0.4, -0.2) is 96.4 Å². The minimum atomic E-state index is -4.05. The molecule has 15 heteroatoms. The lowest BCUT2D eigenvalue weighted by Crippen LogP contribution is -2.48. The van der Waals surface area contributed by atoms with Crippen LogP contribution in [0.15, 0.2) is 60.0 Å². The quantitative estimate of drug-likeness (QED) is 0.316. The molecule has 3 amide bonds. The summed E-state index contributed by atoms with van der Waals surface area (Å²) in [4.78, 5) is 34.2. The van der Waals surface area contributed by atoms with E-state index in [2.05, 4.69) is 15.0 Å². The summed E-state index contributed by atoms with van der Waals surface area (Å²) in [5.74, 6) is -0.896. The number of halogens is 1. The number of urea groups is 1. The zero-order valence-corrected chi connectivity index (χ0v) is 28.7. The zero-order chi connectivity index (χ0) is 35.0. The monoisotopic (exact) mass is 688 g/mol. The van der Waals surface area contributed by atoms with Crippen molar-refractivity contribution in [2.75, 3.05) is 43.4 Å². The maximum Gasteiger partial charge on any atom is 0.321 e. The lowest BCUT2D eigenvalue weighted by atomic mass is 10.0. The van der Waals surface area contributed by atoms with E-state index in [9.17, 15) is 27.5 Å². The lowest BCUT2D eigenvalue weighted by Gasteiger charge is -2.35. The maximum atomic E-state index is 14.3. The van der Waals surface area contributed by atoms with Gasteiger partial charge in [-0.2, -0.15) is 8.42 Å². The first-order chi connectivity index (χ1) is 22.8. The number of anilines is 2. The average molecular weight is 689 g/mol. The van der Waals surface area contributed by atoms with Crippen molar-refractivity contribution in [1.82, 2.24) is 19.4 Å². The maximum absolute atomic E-state index is 14.3. The number of rotatable bonds is 8. The van der Waals surface area contributed by atoms with Gasteiger partial charge in [-0.3, -0.25) is 9.52 Å². The number of likely N-dealkylation sites (N-methyl/N-ethyl adjacent to an activating group) is 1. The molecule has 4 atom stereocenters. The fraction of sp³-hybridized carbons (Fsp3) is 0.485. The van der Waals surface area contributed by atoms with E-state index in [4.69, 9.17) is 9.47 Å². The number of aryl methyl sites for hydroxylation is 1. The number of sulfonamides is 1. The number of carbonyl (C=O) groups excluding carboxylic acids is 2. The number of carbonyl (C=O) groups is 2. The van der Waals surface area contributed by atoms with Gasteiger partial charge in [0.15, 0.2) is 5.03 Å². The first-order valence-electron chi connectivity index (χ1n) is 15.9. The normalized spacial score (nSPS) is 20.2. The number of hydrogen-bond acceptors (Lipinski definition) is 8. The Balaban J connectivity index is 1.62. The lowest BCUT2D eigenvalue weighted by molar-refractivity contribution is -0.0115. The summed E-state index contributed by atoms with van der Waals surface area (Å²) in [5.41, 5.74) is 0.712. The summed E-state index contributed by atoms with van der Waals surface area (Å²) in [6.45, 7) is 5.95. The molecular formula is C33H45FN6O7S. The van der Waals surface area contributed by atoms with Gasteiger partial charge in [0.05, 0.1) is 36.7 Å². The largest absolute Gasteiger partial charge is 0.490 e. The summed E-state index contributed by atoms with van der Waals surface area (Å²) in [6.07, 6.45) is 4.17. The third kappa shape index (κ3) is 9.67. The van der Waals surface area contributed by atoms with Crippen LogP contribution in [0.1, 0.15) is 50.4 Å². The second kappa shape index (κ2) is 16.3. The molecule has 2 heterocycles. The molecule has 262 valence electrons. The molecule has 0 saturated heterocycles. The Hall–Kier alpha value is -4.21. The van der Waals surface area contributed by atoms with E-state index in [0.29, 0.717) is 18.7 Å². The van der Waals surface area contributed by atoms with Gasteiger partial charge in [0.2, 0.25) is 0 Å². The fourth-order valence-corrected chi connectivity index (χ4v) is 6.32. The Morgan fingerprint density at radius 2 is 1.88 bits per heavy atom. The van der Waals surface area contributed by atoms with Gasteiger partial charge in [0.25, 0.3) is 15.9 Å². The topological polar surface area (TPSA) is 155 Å². The van der Waals surface area contributed by atoms with Gasteiger partial charge in [0, 0.05) is 57.3 Å². The van der Waals surface area contributed by atoms with Crippen molar-refractivity contribution in [2.45, 2.75) is 63.3 Å². The Morgan fingerprint density at radius 3 is 2.54 bits per heavy atom. The molecule has 4 rings (SSSR count). The predicted octanol–water partition coefficient (Wildman–Crippen LogP) is 4.32. The first-order valence-corrected chi connectivity index (χ1v) is 17.4. The molecule has 3 N–H and O–H groups in total. The van der Waals surface area contributed by atoms with E-state index in [1.165, 1.54) is 63.3 Å². The number of benzene rings is 2. The van der Waals surface area contributed by atoms with Crippen LogP contribution in [-0.2, 0) is 21.8 Å². The number of ether oxygens (including phenoxy) is 2. The standard InChI is InChI=1S/C33H45FN6O7S/c1-22-17-40(23(2)20-41)32(42)28-16-27(37-48(44,45)31-19-38(4)21-35-31)13-14-29(28)47-24(3)8-6-7-15-46-30(22)18-39(5)33(43)36-26-11-9-25(34)10-12-26/h9-14,16,19,21-24,30,37,41H,6-8,15,17-18,20H2,1-5H3,(H,36,43)/t22-,23+,24-,30-/m1/s1. The van der Waals surface area contributed by atoms with Crippen LogP contribution >= 0.6 is 0 Å². The molecule has 48 heavy (non-hydrogen) atoms. The molecule has 0 bridgehead atoms. The molecule has 0 spiro atoms. The molecule has 2 aromatic carbocycles. The number of amides is 3. The Labute approximate surface area is 281 Å². The van der Waals surface area contributed by atoms with Crippen molar-refractivity contribution in [3.05, 3.63) is 66.4 Å². The predicted molar refractivity (Wildman–Crippen MR) is 179 cm³/mol. The highest BCUT2D eigenvalue weighted by Crippen LogP contribution is 2.29. The fourth-order valence-electron chi connectivity index (χ4n) is 5.29. The van der Waals surface area contributed by atoms with Gasteiger partial charge in [-0.15, -0.1) is 0 Å². The van der Waals surface area contributed by atoms with Crippen LogP contribution in [0.25, 0.3) is 0 Å². The van der Waals surface area contributed by atoms with E-state index in [-0.39, 0.29) is 53.7 Å². The van der Waals surface area contributed by atoms with Crippen molar-refractivity contribution in [3.8, 4) is 5.75 Å². The van der Waals surface area contributed by atoms with Gasteiger partial charge in [-0.05, 0) is 75.6 Å². The number of imidazole rings is 1. The second-order valence-corrected chi connectivity index (χ2v) is 13.9. The van der Waals surface area contributed by atoms with Gasteiger partial charge < -0.3 is 34.3 Å². The third-order valence-electron chi connectivity index (χ3n) is 8.16. The molecule has 1 aliphatic rings. The molecule has 13 nitrogen and oxygen atoms in total. The van der Waals surface area contributed by atoms with E-state index in [1.54, 1.807) is 27.1 Å². The Bertz CT molecular complexity index is 1650. The van der Waals surface area contributed by atoms with Gasteiger partial charge in [0.1, 0.15) is 11.6 Å². The average Bonchev–Trinajstić information content (AvgIpc) is 3.50. The van der Waals surface area contributed by atoms with Gasteiger partial charge in [-0.25, -0.2) is 14.2 Å². The molecule has 0 aliphatic carbocycles. The van der Waals surface area contributed by atoms with Crippen molar-refractivity contribution < 1.29 is 37.0 Å². The SMILES string of the molecule is C[C@@H]1CCCCO[C@H](CN(C)C(=O)Nc2ccc(F)cc2)[C@H](C)CN([C@@H](C)CO)C(=O)c2cc(NS(=O)(=O)c3cn(C)cn3)ccc2O1. The number of aromatic nitrogens is 2. The zero-order valence-electron chi connectivity index (χ0n) is 27.9. The number of aliphatic hydroxyl groups is 1. The molecule has 0 saturated carbocycles. The summed E-state index contributed by atoms with van der Waals surface area (Å²) in [7, 11) is -0.762. The molecule has 0 unspecified atom stereocenters. The Morgan fingerprint density at radius 1 is 1.17 bits per heavy atom. The van der Waals surface area contributed by atoms with Gasteiger partial charge >= 0.3 is 6.03 Å². The molecule has 3 aromatic rings. The smallest absolute Gasteiger partial charge is 0.321 e. The van der Waals surface area contributed by atoms with E-state index in [0.717, 1.165) is 12.8 Å². The number of aliphatic hydroxyl groups excluding tert-OH is 1. The van der Waals surface area contributed by atoms with Crippen molar-refractivity contribution in [2.24, 2.45) is 13.0 Å². The number of nitrogens with one attached hydrogen (secondary N) is 2. The highest BCUT2D eigenvalue weighted by Gasteiger charge is 2.31. The van der Waals surface area contributed by atoms with Crippen molar-refractivity contribution in [1.29, 1.82) is 0 Å². The highest BCUT2D eigenvalue weighted by molar-refractivity contribution is 7.92. The van der Waals surface area contributed by atoms with E-state index >= 15 is 0 Å². The minimum Gasteiger partial charge on any atom is -0.490 e. The van der Waals surface area contributed by atoms with Crippen LogP contribution in [0.3, 0.4) is 0 Å². The molecular weight excluding hydrogens is 643 g/mol. The summed E-state index contributed by atoms with van der Waals surface area (Å²) < 4.78 is 56.0.